The molecular formula is C17H22ClNO2. The molecule has 0 fully saturated rings. The van der Waals surface area contributed by atoms with Gasteiger partial charge in [0.05, 0.1) is 6.04 Å². The Hall–Kier alpha value is -1.29. The van der Waals surface area contributed by atoms with Crippen LogP contribution in [0.15, 0.2) is 43.5 Å². The molecule has 1 N–H and O–H groups in total. The van der Waals surface area contributed by atoms with E-state index in [9.17, 15) is 5.11 Å². The van der Waals surface area contributed by atoms with Gasteiger partial charge in [0.1, 0.15) is 17.5 Å². The average Bonchev–Trinajstić information content (AvgIpc) is 2.40. The van der Waals surface area contributed by atoms with E-state index in [1.807, 2.05) is 32.1 Å². The summed E-state index contributed by atoms with van der Waals surface area (Å²) < 4.78 is 6.10. The summed E-state index contributed by atoms with van der Waals surface area (Å²) in [5.41, 5.74) is 0.191. The van der Waals surface area contributed by atoms with Crippen LogP contribution in [0.25, 0.3) is 0 Å². The first-order chi connectivity index (χ1) is 9.90. The van der Waals surface area contributed by atoms with Crippen molar-refractivity contribution in [1.82, 2.24) is 4.90 Å². The molecule has 114 valence electrons. The van der Waals surface area contributed by atoms with Crippen molar-refractivity contribution in [2.45, 2.75) is 31.6 Å². The van der Waals surface area contributed by atoms with E-state index >= 15 is 0 Å². The normalized spacial score (nSPS) is 23.3. The lowest BCUT2D eigenvalue weighted by Gasteiger charge is -2.47. The third-order valence-electron chi connectivity index (χ3n) is 3.80. The molecule has 0 aliphatic carbocycles. The van der Waals surface area contributed by atoms with E-state index in [0.717, 1.165) is 5.56 Å². The van der Waals surface area contributed by atoms with Gasteiger partial charge in [-0.1, -0.05) is 23.8 Å². The van der Waals surface area contributed by atoms with Crippen LogP contribution in [-0.2, 0) is 0 Å². The molecule has 1 aromatic rings. The summed E-state index contributed by atoms with van der Waals surface area (Å²) in [4.78, 5) is 2.11. The number of rotatable bonds is 5. The molecule has 0 radical (unpaired) electrons. The Labute approximate surface area is 131 Å². The van der Waals surface area contributed by atoms with E-state index in [-0.39, 0.29) is 6.04 Å². The van der Waals surface area contributed by atoms with Crippen LogP contribution in [0.2, 0.25) is 5.02 Å². The Morgan fingerprint density at radius 1 is 1.33 bits per heavy atom. The molecule has 3 nitrogen and oxygen atoms in total. The molecule has 1 aromatic carbocycles. The highest BCUT2D eigenvalue weighted by atomic mass is 35.5. The van der Waals surface area contributed by atoms with Crippen LogP contribution in [0.5, 0.6) is 5.75 Å². The first kappa shape index (κ1) is 16.1. The fourth-order valence-electron chi connectivity index (χ4n) is 3.01. The second-order valence-electron chi connectivity index (χ2n) is 5.81. The molecule has 0 saturated carbocycles. The van der Waals surface area contributed by atoms with Crippen molar-refractivity contribution in [2.24, 2.45) is 0 Å². The van der Waals surface area contributed by atoms with Gasteiger partial charge in [-0.15, -0.1) is 13.2 Å². The smallest absolute Gasteiger partial charge is 0.126 e. The predicted molar refractivity (Wildman–Crippen MR) is 86.9 cm³/mol. The number of halogens is 1. The lowest BCUT2D eigenvalue weighted by atomic mass is 9.85. The van der Waals surface area contributed by atoms with Gasteiger partial charge in [0.2, 0.25) is 0 Å². The summed E-state index contributed by atoms with van der Waals surface area (Å²) in [6, 6.07) is 5.14. The van der Waals surface area contributed by atoms with Gasteiger partial charge in [-0.2, -0.15) is 0 Å². The Bertz CT molecular complexity index is 532. The van der Waals surface area contributed by atoms with Crippen LogP contribution in [0.3, 0.4) is 0 Å². The van der Waals surface area contributed by atoms with E-state index in [0.29, 0.717) is 23.9 Å². The van der Waals surface area contributed by atoms with Gasteiger partial charge in [0, 0.05) is 23.7 Å². The fraction of sp³-hybridized carbons (Fsp3) is 0.412. The van der Waals surface area contributed by atoms with Crippen LogP contribution >= 0.6 is 11.6 Å². The molecule has 4 heteroatoms. The molecule has 0 amide bonds. The zero-order valence-corrected chi connectivity index (χ0v) is 13.3. The summed E-state index contributed by atoms with van der Waals surface area (Å²) in [7, 11) is 0. The largest absolute Gasteiger partial charge is 0.486 e. The molecule has 2 rings (SSSR count). The molecule has 0 spiro atoms. The summed E-state index contributed by atoms with van der Waals surface area (Å²) in [6.07, 6.45) is 2.96. The summed E-state index contributed by atoms with van der Waals surface area (Å²) >= 11 is 6.05. The molecule has 1 aliphatic heterocycles. The lowest BCUT2D eigenvalue weighted by molar-refractivity contribution is -0.0761. The van der Waals surface area contributed by atoms with Gasteiger partial charge in [0.25, 0.3) is 0 Å². The number of aliphatic hydroxyl groups excluding tert-OH is 1. The SMILES string of the molecule is C=CCN(CC=C)C1C(O)c2cc(Cl)ccc2OC1(C)C. The summed E-state index contributed by atoms with van der Waals surface area (Å²) in [5, 5.41) is 11.4. The standard InChI is InChI=1S/C17H22ClNO2/c1-5-9-19(10-6-2)16-15(20)13-11-12(18)7-8-14(13)21-17(16,3)4/h5-8,11,15-16,20H,1-2,9-10H2,3-4H3. The van der Waals surface area contributed by atoms with Gasteiger partial charge in [0.15, 0.2) is 0 Å². The highest BCUT2D eigenvalue weighted by Gasteiger charge is 2.45. The molecular weight excluding hydrogens is 286 g/mol. The number of hydrogen-bond donors (Lipinski definition) is 1. The Morgan fingerprint density at radius 2 is 1.95 bits per heavy atom. The molecule has 0 aromatic heterocycles. The average molecular weight is 308 g/mol. The maximum absolute atomic E-state index is 10.9. The number of benzene rings is 1. The van der Waals surface area contributed by atoms with Crippen molar-refractivity contribution >= 4 is 11.6 Å². The molecule has 0 saturated heterocycles. The van der Waals surface area contributed by atoms with Crippen molar-refractivity contribution < 1.29 is 9.84 Å². The van der Waals surface area contributed by atoms with E-state index < -0.39 is 11.7 Å². The first-order valence-corrected chi connectivity index (χ1v) is 7.41. The predicted octanol–water partition coefficient (Wildman–Crippen LogP) is 3.59. The lowest BCUT2D eigenvalue weighted by Crippen LogP contribution is -2.58. The van der Waals surface area contributed by atoms with Crippen molar-refractivity contribution in [3.63, 3.8) is 0 Å². The quantitative estimate of drug-likeness (QED) is 0.844. The Balaban J connectivity index is 2.44. The monoisotopic (exact) mass is 307 g/mol. The number of ether oxygens (including phenoxy) is 1. The van der Waals surface area contributed by atoms with Crippen LogP contribution in [-0.4, -0.2) is 34.7 Å². The number of nitrogens with zero attached hydrogens (tertiary/aromatic N) is 1. The van der Waals surface area contributed by atoms with Crippen LogP contribution in [0.1, 0.15) is 25.5 Å². The highest BCUT2D eigenvalue weighted by molar-refractivity contribution is 6.30. The molecule has 2 unspecified atom stereocenters. The van der Waals surface area contributed by atoms with Gasteiger partial charge < -0.3 is 9.84 Å². The Kier molecular flexibility index (Phi) is 4.77. The van der Waals surface area contributed by atoms with E-state index in [4.69, 9.17) is 16.3 Å². The highest BCUT2D eigenvalue weighted by Crippen LogP contribution is 2.43. The number of aliphatic hydroxyl groups is 1. The minimum atomic E-state index is -0.678. The van der Waals surface area contributed by atoms with Gasteiger partial charge in [-0.25, -0.2) is 0 Å². The molecule has 1 heterocycles. The number of fused-ring (bicyclic) bond motifs is 1. The third-order valence-corrected chi connectivity index (χ3v) is 4.03. The van der Waals surface area contributed by atoms with Gasteiger partial charge >= 0.3 is 0 Å². The van der Waals surface area contributed by atoms with Crippen LogP contribution in [0.4, 0.5) is 0 Å². The Morgan fingerprint density at radius 3 is 2.52 bits per heavy atom. The molecule has 21 heavy (non-hydrogen) atoms. The fourth-order valence-corrected chi connectivity index (χ4v) is 3.19. The van der Waals surface area contributed by atoms with E-state index in [1.54, 1.807) is 12.1 Å². The van der Waals surface area contributed by atoms with Crippen molar-refractivity contribution in [3.8, 4) is 5.75 Å². The third kappa shape index (κ3) is 3.15. The van der Waals surface area contributed by atoms with Crippen molar-refractivity contribution in [2.75, 3.05) is 13.1 Å². The summed E-state index contributed by atoms with van der Waals surface area (Å²) in [6.45, 7) is 12.8. The number of hydrogen-bond acceptors (Lipinski definition) is 3. The van der Waals surface area contributed by atoms with Crippen molar-refractivity contribution in [3.05, 3.63) is 54.1 Å². The minimum absolute atomic E-state index is 0.209. The topological polar surface area (TPSA) is 32.7 Å². The van der Waals surface area contributed by atoms with Gasteiger partial charge in [-0.05, 0) is 32.0 Å². The maximum Gasteiger partial charge on any atom is 0.126 e. The van der Waals surface area contributed by atoms with E-state index in [1.165, 1.54) is 0 Å². The van der Waals surface area contributed by atoms with Crippen LogP contribution in [0, 0.1) is 0 Å². The van der Waals surface area contributed by atoms with Crippen molar-refractivity contribution in [1.29, 1.82) is 0 Å². The second kappa shape index (κ2) is 6.22. The minimum Gasteiger partial charge on any atom is -0.486 e. The van der Waals surface area contributed by atoms with Crippen LogP contribution < -0.4 is 4.74 Å². The molecule has 0 bridgehead atoms. The zero-order valence-electron chi connectivity index (χ0n) is 12.6. The van der Waals surface area contributed by atoms with Gasteiger partial charge in [-0.3, -0.25) is 4.90 Å². The van der Waals surface area contributed by atoms with E-state index in [2.05, 4.69) is 18.1 Å². The first-order valence-electron chi connectivity index (χ1n) is 7.03. The zero-order chi connectivity index (χ0) is 15.6. The molecule has 1 aliphatic rings. The second-order valence-corrected chi connectivity index (χ2v) is 6.25. The molecule has 2 atom stereocenters. The summed E-state index contributed by atoms with van der Waals surface area (Å²) in [5.74, 6) is 0.685. The maximum atomic E-state index is 10.9.